The summed E-state index contributed by atoms with van der Waals surface area (Å²) in [5.74, 6) is 1.15. The molecule has 1 aliphatic heterocycles. The number of rotatable bonds is 7. The van der Waals surface area contributed by atoms with Crippen LogP contribution in [0, 0.1) is 6.92 Å². The highest BCUT2D eigenvalue weighted by molar-refractivity contribution is 7.89. The zero-order valence-electron chi connectivity index (χ0n) is 13.5. The number of nitrogens with zero attached hydrogens (tertiary/aromatic N) is 2. The molecule has 6 heteroatoms. The van der Waals surface area contributed by atoms with E-state index in [2.05, 4.69) is 4.90 Å². The minimum Gasteiger partial charge on any atom is -0.492 e. The molecule has 0 atom stereocenters. The number of hydrogen-bond donors (Lipinski definition) is 0. The van der Waals surface area contributed by atoms with E-state index in [1.165, 1.54) is 5.56 Å². The highest BCUT2D eigenvalue weighted by atomic mass is 32.2. The topological polar surface area (TPSA) is 49.9 Å². The van der Waals surface area contributed by atoms with Gasteiger partial charge in [-0.1, -0.05) is 19.1 Å². The largest absolute Gasteiger partial charge is 0.492 e. The molecule has 0 aliphatic carbocycles. The average Bonchev–Trinajstić information content (AvgIpc) is 2.48. The molecule has 124 valence electrons. The SMILES string of the molecule is CCCS(=O)(=O)N1CCN(CCOc2cccc(C)c2)CC1. The second-order valence-electron chi connectivity index (χ2n) is 5.72. The molecular formula is C16H26N2O3S. The van der Waals surface area contributed by atoms with E-state index in [0.717, 1.165) is 25.4 Å². The van der Waals surface area contributed by atoms with Gasteiger partial charge in [-0.25, -0.2) is 8.42 Å². The lowest BCUT2D eigenvalue weighted by Gasteiger charge is -2.33. The molecule has 0 N–H and O–H groups in total. The van der Waals surface area contributed by atoms with E-state index in [9.17, 15) is 8.42 Å². The van der Waals surface area contributed by atoms with Crippen LogP contribution in [0.4, 0.5) is 0 Å². The standard InChI is InChI=1S/C16H26N2O3S/c1-3-13-22(19,20)18-9-7-17(8-10-18)11-12-21-16-6-4-5-15(2)14-16/h4-6,14H,3,7-13H2,1-2H3. The smallest absolute Gasteiger partial charge is 0.214 e. The molecule has 0 amide bonds. The summed E-state index contributed by atoms with van der Waals surface area (Å²) >= 11 is 0. The van der Waals surface area contributed by atoms with Gasteiger partial charge in [-0.2, -0.15) is 4.31 Å². The lowest BCUT2D eigenvalue weighted by Crippen LogP contribution is -2.50. The first kappa shape index (κ1) is 17.2. The maximum absolute atomic E-state index is 12.0. The van der Waals surface area contributed by atoms with E-state index in [-0.39, 0.29) is 5.75 Å². The monoisotopic (exact) mass is 326 g/mol. The highest BCUT2D eigenvalue weighted by Crippen LogP contribution is 2.13. The summed E-state index contributed by atoms with van der Waals surface area (Å²) < 4.78 is 31.4. The van der Waals surface area contributed by atoms with Crippen LogP contribution in [-0.4, -0.2) is 62.7 Å². The molecule has 1 fully saturated rings. The Bertz CT molecular complexity index is 567. The lowest BCUT2D eigenvalue weighted by atomic mass is 10.2. The van der Waals surface area contributed by atoms with Crippen molar-refractivity contribution in [1.29, 1.82) is 0 Å². The van der Waals surface area contributed by atoms with Crippen molar-refractivity contribution in [3.63, 3.8) is 0 Å². The fraction of sp³-hybridized carbons (Fsp3) is 0.625. The van der Waals surface area contributed by atoms with Gasteiger partial charge in [0, 0.05) is 32.7 Å². The van der Waals surface area contributed by atoms with Gasteiger partial charge >= 0.3 is 0 Å². The van der Waals surface area contributed by atoms with Crippen molar-refractivity contribution in [3.8, 4) is 5.75 Å². The highest BCUT2D eigenvalue weighted by Gasteiger charge is 2.25. The van der Waals surface area contributed by atoms with Crippen LogP contribution in [0.15, 0.2) is 24.3 Å². The summed E-state index contributed by atoms with van der Waals surface area (Å²) in [6.07, 6.45) is 0.673. The molecule has 1 aliphatic rings. The van der Waals surface area contributed by atoms with Crippen LogP contribution in [0.1, 0.15) is 18.9 Å². The second-order valence-corrected chi connectivity index (χ2v) is 7.81. The minimum atomic E-state index is -3.05. The Morgan fingerprint density at radius 2 is 1.91 bits per heavy atom. The third-order valence-electron chi connectivity index (χ3n) is 3.85. The van der Waals surface area contributed by atoms with Crippen molar-refractivity contribution in [2.24, 2.45) is 0 Å². The summed E-state index contributed by atoms with van der Waals surface area (Å²) in [5.41, 5.74) is 1.19. The zero-order chi connectivity index (χ0) is 16.0. The van der Waals surface area contributed by atoms with Crippen molar-refractivity contribution in [2.45, 2.75) is 20.3 Å². The first-order valence-electron chi connectivity index (χ1n) is 7.91. The number of hydrogen-bond acceptors (Lipinski definition) is 4. The molecule has 0 bridgehead atoms. The first-order chi connectivity index (χ1) is 10.5. The predicted molar refractivity (Wildman–Crippen MR) is 88.8 cm³/mol. The Kier molecular flexibility index (Phi) is 6.23. The molecule has 0 saturated carbocycles. The summed E-state index contributed by atoms with van der Waals surface area (Å²) in [4.78, 5) is 2.26. The molecule has 0 radical (unpaired) electrons. The molecule has 1 aromatic rings. The van der Waals surface area contributed by atoms with Crippen molar-refractivity contribution in [3.05, 3.63) is 29.8 Å². The lowest BCUT2D eigenvalue weighted by molar-refractivity contribution is 0.159. The molecule has 2 rings (SSSR count). The summed E-state index contributed by atoms with van der Waals surface area (Å²) in [6.45, 7) is 8.14. The van der Waals surface area contributed by atoms with Gasteiger partial charge in [-0.05, 0) is 31.0 Å². The summed E-state index contributed by atoms with van der Waals surface area (Å²) in [7, 11) is -3.05. The van der Waals surface area contributed by atoms with Crippen LogP contribution in [0.2, 0.25) is 0 Å². The molecule has 0 unspecified atom stereocenters. The average molecular weight is 326 g/mol. The van der Waals surface area contributed by atoms with Crippen LogP contribution in [0.3, 0.4) is 0 Å². The van der Waals surface area contributed by atoms with E-state index in [1.807, 2.05) is 38.1 Å². The fourth-order valence-electron chi connectivity index (χ4n) is 2.62. The van der Waals surface area contributed by atoms with Crippen molar-refractivity contribution in [2.75, 3.05) is 45.1 Å². The van der Waals surface area contributed by atoms with Gasteiger partial charge in [0.1, 0.15) is 12.4 Å². The van der Waals surface area contributed by atoms with E-state index in [4.69, 9.17) is 4.74 Å². The van der Waals surface area contributed by atoms with Crippen molar-refractivity contribution < 1.29 is 13.2 Å². The van der Waals surface area contributed by atoms with Gasteiger partial charge in [0.2, 0.25) is 10.0 Å². The Morgan fingerprint density at radius 3 is 2.55 bits per heavy atom. The first-order valence-corrected chi connectivity index (χ1v) is 9.52. The van der Waals surface area contributed by atoms with Crippen LogP contribution in [0.5, 0.6) is 5.75 Å². The molecule has 5 nitrogen and oxygen atoms in total. The van der Waals surface area contributed by atoms with Gasteiger partial charge in [0.15, 0.2) is 0 Å². The van der Waals surface area contributed by atoms with E-state index in [1.54, 1.807) is 4.31 Å². The van der Waals surface area contributed by atoms with Crippen molar-refractivity contribution >= 4 is 10.0 Å². The zero-order valence-corrected chi connectivity index (χ0v) is 14.3. The molecule has 0 aromatic heterocycles. The van der Waals surface area contributed by atoms with Crippen molar-refractivity contribution in [1.82, 2.24) is 9.21 Å². The van der Waals surface area contributed by atoms with E-state index >= 15 is 0 Å². The summed E-state index contributed by atoms with van der Waals surface area (Å²) in [5, 5.41) is 0. The Hall–Kier alpha value is -1.11. The third kappa shape index (κ3) is 4.97. The van der Waals surface area contributed by atoms with Crippen LogP contribution >= 0.6 is 0 Å². The maximum atomic E-state index is 12.0. The van der Waals surface area contributed by atoms with Gasteiger partial charge in [0.05, 0.1) is 5.75 Å². The number of sulfonamides is 1. The molecule has 1 heterocycles. The predicted octanol–water partition coefficient (Wildman–Crippen LogP) is 1.73. The Balaban J connectivity index is 1.72. The molecule has 1 saturated heterocycles. The number of piperazine rings is 1. The number of aryl methyl sites for hydroxylation is 1. The van der Waals surface area contributed by atoms with Gasteiger partial charge in [0.25, 0.3) is 0 Å². The maximum Gasteiger partial charge on any atom is 0.214 e. The van der Waals surface area contributed by atoms with Gasteiger partial charge in [-0.15, -0.1) is 0 Å². The normalized spacial score (nSPS) is 17.5. The quantitative estimate of drug-likeness (QED) is 0.766. The van der Waals surface area contributed by atoms with Gasteiger partial charge < -0.3 is 4.74 Å². The number of benzene rings is 1. The molecule has 1 aromatic carbocycles. The van der Waals surface area contributed by atoms with Gasteiger partial charge in [-0.3, -0.25) is 4.90 Å². The Labute approximate surface area is 133 Å². The molecule has 0 spiro atoms. The van der Waals surface area contributed by atoms with Crippen LogP contribution in [-0.2, 0) is 10.0 Å². The van der Waals surface area contributed by atoms with Crippen LogP contribution in [0.25, 0.3) is 0 Å². The van der Waals surface area contributed by atoms with E-state index in [0.29, 0.717) is 26.1 Å². The van der Waals surface area contributed by atoms with Crippen LogP contribution < -0.4 is 4.74 Å². The van der Waals surface area contributed by atoms with E-state index < -0.39 is 10.0 Å². The minimum absolute atomic E-state index is 0.253. The Morgan fingerprint density at radius 1 is 1.18 bits per heavy atom. The summed E-state index contributed by atoms with van der Waals surface area (Å²) in [6, 6.07) is 8.02. The third-order valence-corrected chi connectivity index (χ3v) is 5.93. The molecule has 22 heavy (non-hydrogen) atoms. The molecular weight excluding hydrogens is 300 g/mol. The number of ether oxygens (including phenoxy) is 1. The second kappa shape index (κ2) is 7.94. The fourth-order valence-corrected chi connectivity index (χ4v) is 4.11.